The molecule has 0 bridgehead atoms. The van der Waals surface area contributed by atoms with E-state index in [1.165, 1.54) is 0 Å². The summed E-state index contributed by atoms with van der Waals surface area (Å²) in [6, 6.07) is 0. The van der Waals surface area contributed by atoms with Crippen LogP contribution in [0.2, 0.25) is 18.1 Å². The molecule has 0 rings (SSSR count). The number of hydrazine groups is 1. The highest BCUT2D eigenvalue weighted by Gasteiger charge is 2.39. The van der Waals surface area contributed by atoms with E-state index in [0.717, 1.165) is 0 Å². The van der Waals surface area contributed by atoms with Crippen molar-refractivity contribution in [2.24, 2.45) is 0 Å². The van der Waals surface area contributed by atoms with E-state index in [0.29, 0.717) is 0 Å². The first-order valence-electron chi connectivity index (χ1n) is 5.26. The van der Waals surface area contributed by atoms with E-state index in [1.54, 1.807) is 14.0 Å². The summed E-state index contributed by atoms with van der Waals surface area (Å²) >= 11 is 0. The highest BCUT2D eigenvalue weighted by atomic mass is 28.4. The molecule has 4 nitrogen and oxygen atoms in total. The summed E-state index contributed by atoms with van der Waals surface area (Å²) in [7, 11) is -0.185. The van der Waals surface area contributed by atoms with Crippen molar-refractivity contribution in [3.8, 4) is 0 Å². The van der Waals surface area contributed by atoms with E-state index in [4.69, 9.17) is 4.43 Å². The van der Waals surface area contributed by atoms with E-state index in [2.05, 4.69) is 44.7 Å². The van der Waals surface area contributed by atoms with E-state index in [9.17, 15) is 4.79 Å². The van der Waals surface area contributed by atoms with Gasteiger partial charge in [-0.2, -0.15) is 0 Å². The summed E-state index contributed by atoms with van der Waals surface area (Å²) in [6.07, 6.45) is -0.404. The molecule has 0 fully saturated rings. The second-order valence-corrected chi connectivity index (χ2v) is 10.0. The third-order valence-corrected chi connectivity index (χ3v) is 7.45. The lowest BCUT2D eigenvalue weighted by Gasteiger charge is -2.37. The van der Waals surface area contributed by atoms with E-state index >= 15 is 0 Å². The monoisotopic (exact) mass is 232 g/mol. The molecule has 5 heteroatoms. The average Bonchev–Trinajstić information content (AvgIpc) is 2.01. The average molecular weight is 232 g/mol. The third kappa shape index (κ3) is 4.32. The topological polar surface area (TPSA) is 50.4 Å². The van der Waals surface area contributed by atoms with Crippen LogP contribution in [0.15, 0.2) is 0 Å². The van der Waals surface area contributed by atoms with E-state index in [-0.39, 0.29) is 10.9 Å². The molecule has 0 aromatic heterocycles. The predicted molar refractivity (Wildman–Crippen MR) is 64.9 cm³/mol. The lowest BCUT2D eigenvalue weighted by molar-refractivity contribution is -0.128. The quantitative estimate of drug-likeness (QED) is 0.572. The molecular weight excluding hydrogens is 208 g/mol. The largest absolute Gasteiger partial charge is 0.405 e. The van der Waals surface area contributed by atoms with Gasteiger partial charge in [0.1, 0.15) is 6.10 Å². The molecule has 15 heavy (non-hydrogen) atoms. The predicted octanol–water partition coefficient (Wildman–Crippen LogP) is 1.65. The van der Waals surface area contributed by atoms with Crippen LogP contribution < -0.4 is 10.9 Å². The van der Waals surface area contributed by atoms with Crippen molar-refractivity contribution in [2.75, 3.05) is 7.05 Å². The van der Waals surface area contributed by atoms with Gasteiger partial charge in [0.25, 0.3) is 5.91 Å². The first-order valence-corrected chi connectivity index (χ1v) is 8.17. The normalized spacial score (nSPS) is 14.9. The first-order chi connectivity index (χ1) is 6.62. The fraction of sp³-hybridized carbons (Fsp3) is 0.900. The van der Waals surface area contributed by atoms with Gasteiger partial charge in [-0.3, -0.25) is 10.2 Å². The van der Waals surface area contributed by atoms with Gasteiger partial charge in [0.15, 0.2) is 8.32 Å². The number of nitrogens with one attached hydrogen (secondary N) is 2. The van der Waals surface area contributed by atoms with Crippen LogP contribution in [0, 0.1) is 0 Å². The minimum atomic E-state index is -1.85. The minimum absolute atomic E-state index is 0.123. The Kier molecular flexibility index (Phi) is 4.96. The van der Waals surface area contributed by atoms with Gasteiger partial charge in [0.2, 0.25) is 0 Å². The van der Waals surface area contributed by atoms with Gasteiger partial charge < -0.3 is 4.43 Å². The molecule has 0 aliphatic rings. The SMILES string of the molecule is CNNC(=O)[C@@H](C)O[Si](C)(C)C(C)(C)C. The Balaban J connectivity index is 4.40. The molecule has 0 aromatic carbocycles. The number of amides is 1. The number of hydrogen-bond acceptors (Lipinski definition) is 3. The molecule has 1 atom stereocenters. The van der Waals surface area contributed by atoms with Crippen LogP contribution in [0.25, 0.3) is 0 Å². The zero-order chi connectivity index (χ0) is 12.3. The van der Waals surface area contributed by atoms with Crippen molar-refractivity contribution in [2.45, 2.75) is 51.9 Å². The van der Waals surface area contributed by atoms with Crippen LogP contribution in [-0.4, -0.2) is 27.4 Å². The Bertz CT molecular complexity index is 224. The zero-order valence-corrected chi connectivity index (χ0v) is 11.9. The van der Waals surface area contributed by atoms with Crippen molar-refractivity contribution < 1.29 is 9.22 Å². The summed E-state index contributed by atoms with van der Waals surface area (Å²) in [5, 5.41) is 0.126. The van der Waals surface area contributed by atoms with E-state index in [1.807, 2.05) is 0 Å². The Morgan fingerprint density at radius 3 is 2.13 bits per heavy atom. The van der Waals surface area contributed by atoms with Gasteiger partial charge in [-0.15, -0.1) is 0 Å². The Labute approximate surface area is 93.9 Å². The molecule has 0 aliphatic heterocycles. The van der Waals surface area contributed by atoms with Crippen molar-refractivity contribution in [1.29, 1.82) is 0 Å². The molecule has 0 saturated carbocycles. The molecule has 90 valence electrons. The highest BCUT2D eigenvalue weighted by molar-refractivity contribution is 6.74. The van der Waals surface area contributed by atoms with Gasteiger partial charge in [0, 0.05) is 7.05 Å². The van der Waals surface area contributed by atoms with Crippen LogP contribution in [0.1, 0.15) is 27.7 Å². The van der Waals surface area contributed by atoms with Crippen LogP contribution >= 0.6 is 0 Å². The Morgan fingerprint density at radius 1 is 1.33 bits per heavy atom. The smallest absolute Gasteiger partial charge is 0.261 e. The van der Waals surface area contributed by atoms with Crippen molar-refractivity contribution >= 4 is 14.2 Å². The molecule has 2 N–H and O–H groups in total. The molecule has 0 spiro atoms. The third-order valence-electron chi connectivity index (χ3n) is 2.90. The number of carbonyl (C=O) groups excluding carboxylic acids is 1. The van der Waals surface area contributed by atoms with Crippen molar-refractivity contribution in [1.82, 2.24) is 10.9 Å². The Morgan fingerprint density at radius 2 is 1.80 bits per heavy atom. The number of carbonyl (C=O) groups is 1. The molecule has 1 amide bonds. The molecule has 0 radical (unpaired) electrons. The van der Waals surface area contributed by atoms with Gasteiger partial charge in [0.05, 0.1) is 0 Å². The molecular formula is C10H24N2O2Si. The van der Waals surface area contributed by atoms with E-state index < -0.39 is 14.4 Å². The molecule has 0 aromatic rings. The lowest BCUT2D eigenvalue weighted by Crippen LogP contribution is -2.49. The van der Waals surface area contributed by atoms with Crippen LogP contribution in [-0.2, 0) is 9.22 Å². The summed E-state index contributed by atoms with van der Waals surface area (Å²) < 4.78 is 5.90. The Hall–Kier alpha value is -0.393. The minimum Gasteiger partial charge on any atom is -0.405 e. The fourth-order valence-electron chi connectivity index (χ4n) is 0.897. The summed E-state index contributed by atoms with van der Waals surface area (Å²) in [5.41, 5.74) is 5.14. The van der Waals surface area contributed by atoms with Crippen LogP contribution in [0.4, 0.5) is 0 Å². The fourth-order valence-corrected chi connectivity index (χ4v) is 2.24. The summed E-state index contributed by atoms with van der Waals surface area (Å²) in [5.74, 6) is -0.123. The van der Waals surface area contributed by atoms with Crippen molar-refractivity contribution in [3.05, 3.63) is 0 Å². The number of rotatable bonds is 4. The standard InChI is InChI=1S/C10H24N2O2Si/c1-8(9(13)12-11-5)14-15(6,7)10(2,3)4/h8,11H,1-7H3,(H,12,13)/t8-/m1/s1. The van der Waals surface area contributed by atoms with Gasteiger partial charge in [-0.05, 0) is 25.1 Å². The maximum atomic E-state index is 11.5. The van der Waals surface area contributed by atoms with Gasteiger partial charge in [-0.1, -0.05) is 20.8 Å². The second kappa shape index (κ2) is 5.09. The zero-order valence-electron chi connectivity index (χ0n) is 10.9. The highest BCUT2D eigenvalue weighted by Crippen LogP contribution is 2.37. The van der Waals surface area contributed by atoms with Crippen molar-refractivity contribution in [3.63, 3.8) is 0 Å². The van der Waals surface area contributed by atoms with Gasteiger partial charge >= 0.3 is 0 Å². The van der Waals surface area contributed by atoms with Crippen LogP contribution in [0.5, 0.6) is 0 Å². The molecule has 0 saturated heterocycles. The summed E-state index contributed by atoms with van der Waals surface area (Å²) in [6.45, 7) is 12.5. The second-order valence-electron chi connectivity index (χ2n) is 5.26. The maximum Gasteiger partial charge on any atom is 0.261 e. The molecule has 0 unspecified atom stereocenters. The lowest BCUT2D eigenvalue weighted by atomic mass is 10.2. The first kappa shape index (κ1) is 14.6. The molecule has 0 heterocycles. The maximum absolute atomic E-state index is 11.5. The molecule has 0 aliphatic carbocycles. The summed E-state index contributed by atoms with van der Waals surface area (Å²) in [4.78, 5) is 11.5. The number of hydrogen-bond donors (Lipinski definition) is 2. The van der Waals surface area contributed by atoms with Gasteiger partial charge in [-0.25, -0.2) is 5.43 Å². The van der Waals surface area contributed by atoms with Crippen LogP contribution in [0.3, 0.4) is 0 Å².